The minimum absolute atomic E-state index is 0.307. The van der Waals surface area contributed by atoms with Crippen molar-refractivity contribution in [3.63, 3.8) is 0 Å². The number of aliphatic imine (C=N–C) groups is 1. The number of nitrogens with zero attached hydrogens (tertiary/aromatic N) is 1. The van der Waals surface area contributed by atoms with Crippen LogP contribution in [0.1, 0.15) is 37.9 Å². The van der Waals surface area contributed by atoms with E-state index in [-0.39, 0.29) is 5.97 Å². The number of allylic oxidation sites excluding steroid dienone is 1. The Kier molecular flexibility index (Phi) is 7.35. The van der Waals surface area contributed by atoms with Gasteiger partial charge >= 0.3 is 5.97 Å². The summed E-state index contributed by atoms with van der Waals surface area (Å²) in [5.41, 5.74) is 3.36. The zero-order chi connectivity index (χ0) is 23.2. The van der Waals surface area contributed by atoms with E-state index in [9.17, 15) is 4.79 Å². The summed E-state index contributed by atoms with van der Waals surface area (Å²) < 4.78 is 11.2. The number of amidine groups is 1. The van der Waals surface area contributed by atoms with Gasteiger partial charge in [0.05, 0.1) is 18.8 Å². The van der Waals surface area contributed by atoms with Gasteiger partial charge in [-0.3, -0.25) is 0 Å². The molecular formula is C27H28N2O3S. The zero-order valence-electron chi connectivity index (χ0n) is 19.1. The van der Waals surface area contributed by atoms with Gasteiger partial charge in [0, 0.05) is 17.0 Å². The van der Waals surface area contributed by atoms with Crippen LogP contribution in [0.15, 0.2) is 83.0 Å². The number of ether oxygens (including phenoxy) is 2. The molecule has 4 rings (SSSR count). The molecule has 1 aliphatic heterocycles. The average molecular weight is 461 g/mol. The van der Waals surface area contributed by atoms with Crippen LogP contribution in [-0.4, -0.2) is 24.4 Å². The van der Waals surface area contributed by atoms with Gasteiger partial charge in [-0.05, 0) is 43.2 Å². The lowest BCUT2D eigenvalue weighted by molar-refractivity contribution is -0.138. The van der Waals surface area contributed by atoms with E-state index < -0.39 is 6.04 Å². The average Bonchev–Trinajstić information content (AvgIpc) is 2.83. The van der Waals surface area contributed by atoms with E-state index in [2.05, 4.69) is 47.8 Å². The van der Waals surface area contributed by atoms with Crippen molar-refractivity contribution in [2.24, 2.45) is 4.99 Å². The number of carbonyl (C=O) groups excluding carboxylic acids is 1. The minimum Gasteiger partial charge on any atom is -0.494 e. The number of fused-ring (bicyclic) bond motifs is 1. The van der Waals surface area contributed by atoms with Crippen molar-refractivity contribution in [3.05, 3.63) is 89.1 Å². The zero-order valence-corrected chi connectivity index (χ0v) is 19.9. The second-order valence-electron chi connectivity index (χ2n) is 7.62. The molecule has 0 bridgehead atoms. The van der Waals surface area contributed by atoms with Gasteiger partial charge in [0.1, 0.15) is 11.8 Å². The van der Waals surface area contributed by atoms with Gasteiger partial charge in [-0.2, -0.15) is 0 Å². The van der Waals surface area contributed by atoms with Crippen LogP contribution >= 0.6 is 11.8 Å². The highest BCUT2D eigenvalue weighted by Gasteiger charge is 2.32. The van der Waals surface area contributed by atoms with Gasteiger partial charge < -0.3 is 14.8 Å². The largest absolute Gasteiger partial charge is 0.494 e. The molecule has 0 aliphatic carbocycles. The lowest BCUT2D eigenvalue weighted by Crippen LogP contribution is -2.30. The smallest absolute Gasteiger partial charge is 0.338 e. The van der Waals surface area contributed by atoms with Gasteiger partial charge in [0.15, 0.2) is 5.17 Å². The normalized spacial score (nSPS) is 15.7. The van der Waals surface area contributed by atoms with Crippen molar-refractivity contribution in [1.82, 2.24) is 5.32 Å². The first-order valence-electron chi connectivity index (χ1n) is 11.2. The molecule has 0 spiro atoms. The van der Waals surface area contributed by atoms with Gasteiger partial charge in [-0.15, -0.1) is 0 Å². The SMILES string of the molecule is CCOC(=O)C1=C(C)NC(SCc2cccc3ccccc23)=N[C@@H]1c1ccccc1OCC. The highest BCUT2D eigenvalue weighted by molar-refractivity contribution is 8.13. The molecule has 1 atom stereocenters. The summed E-state index contributed by atoms with van der Waals surface area (Å²) in [5, 5.41) is 6.55. The van der Waals surface area contributed by atoms with E-state index in [0.717, 1.165) is 27.9 Å². The summed E-state index contributed by atoms with van der Waals surface area (Å²) in [6, 6.07) is 22.0. The first kappa shape index (κ1) is 22.9. The molecule has 3 aromatic carbocycles. The van der Waals surface area contributed by atoms with Crippen molar-refractivity contribution < 1.29 is 14.3 Å². The van der Waals surface area contributed by atoms with Crippen LogP contribution < -0.4 is 10.1 Å². The molecular weight excluding hydrogens is 432 g/mol. The molecule has 170 valence electrons. The fraction of sp³-hybridized carbons (Fsp3) is 0.259. The number of esters is 1. The molecule has 6 heteroatoms. The highest BCUT2D eigenvalue weighted by atomic mass is 32.2. The maximum Gasteiger partial charge on any atom is 0.338 e. The van der Waals surface area contributed by atoms with Crippen molar-refractivity contribution >= 4 is 33.7 Å². The number of hydrogen-bond acceptors (Lipinski definition) is 6. The van der Waals surface area contributed by atoms with Gasteiger partial charge in [-0.1, -0.05) is 72.4 Å². The first-order valence-corrected chi connectivity index (χ1v) is 12.1. The van der Waals surface area contributed by atoms with E-state index in [4.69, 9.17) is 14.5 Å². The Labute approximate surface area is 198 Å². The van der Waals surface area contributed by atoms with Crippen LogP contribution in [-0.2, 0) is 15.3 Å². The second kappa shape index (κ2) is 10.6. The molecule has 1 N–H and O–H groups in total. The Bertz CT molecular complexity index is 1210. The quantitative estimate of drug-likeness (QED) is 0.438. The van der Waals surface area contributed by atoms with Crippen LogP contribution in [0.2, 0.25) is 0 Å². The number of thioether (sulfide) groups is 1. The summed E-state index contributed by atoms with van der Waals surface area (Å²) in [6.07, 6.45) is 0. The van der Waals surface area contributed by atoms with Crippen LogP contribution in [0.3, 0.4) is 0 Å². The summed E-state index contributed by atoms with van der Waals surface area (Å²) in [4.78, 5) is 17.8. The second-order valence-corrected chi connectivity index (χ2v) is 8.58. The molecule has 1 heterocycles. The Balaban J connectivity index is 1.67. The number of hydrogen-bond donors (Lipinski definition) is 1. The summed E-state index contributed by atoms with van der Waals surface area (Å²) in [6.45, 7) is 6.49. The molecule has 33 heavy (non-hydrogen) atoms. The van der Waals surface area contributed by atoms with E-state index in [1.54, 1.807) is 11.8 Å². The number of benzene rings is 3. The van der Waals surface area contributed by atoms with Crippen molar-refractivity contribution in [3.8, 4) is 5.75 Å². The molecule has 0 radical (unpaired) electrons. The van der Waals surface area contributed by atoms with Gasteiger partial charge in [0.2, 0.25) is 0 Å². The monoisotopic (exact) mass is 460 g/mol. The number of nitrogens with one attached hydrogen (secondary N) is 1. The fourth-order valence-corrected chi connectivity index (χ4v) is 4.93. The van der Waals surface area contributed by atoms with Crippen LogP contribution in [0.4, 0.5) is 0 Å². The first-order chi connectivity index (χ1) is 16.1. The lowest BCUT2D eigenvalue weighted by atomic mass is 9.96. The molecule has 5 nitrogen and oxygen atoms in total. The van der Waals surface area contributed by atoms with Crippen LogP contribution in [0.5, 0.6) is 5.75 Å². The van der Waals surface area contributed by atoms with Gasteiger partial charge in [0.25, 0.3) is 0 Å². The molecule has 1 aliphatic rings. The molecule has 3 aromatic rings. The topological polar surface area (TPSA) is 59.9 Å². The van der Waals surface area contributed by atoms with Crippen LogP contribution in [0.25, 0.3) is 10.8 Å². The Morgan fingerprint density at radius 3 is 2.58 bits per heavy atom. The molecule has 0 aromatic heterocycles. The molecule has 0 saturated heterocycles. The maximum absolute atomic E-state index is 12.9. The van der Waals surface area contributed by atoms with Crippen molar-refractivity contribution in [1.29, 1.82) is 0 Å². The molecule has 0 unspecified atom stereocenters. The van der Waals surface area contributed by atoms with Crippen molar-refractivity contribution in [2.45, 2.75) is 32.6 Å². The predicted molar refractivity (Wildman–Crippen MR) is 135 cm³/mol. The van der Waals surface area contributed by atoms with E-state index >= 15 is 0 Å². The highest BCUT2D eigenvalue weighted by Crippen LogP contribution is 2.38. The molecule has 0 amide bonds. The lowest BCUT2D eigenvalue weighted by Gasteiger charge is -2.27. The van der Waals surface area contributed by atoms with Crippen LogP contribution in [0, 0.1) is 0 Å². The Morgan fingerprint density at radius 1 is 1.00 bits per heavy atom. The number of carbonyl (C=O) groups is 1. The maximum atomic E-state index is 12.9. The van der Waals surface area contributed by atoms with Gasteiger partial charge in [-0.25, -0.2) is 9.79 Å². The van der Waals surface area contributed by atoms with E-state index in [0.29, 0.717) is 18.8 Å². The predicted octanol–water partition coefficient (Wildman–Crippen LogP) is 6.01. The molecule has 0 saturated carbocycles. The summed E-state index contributed by atoms with van der Waals surface area (Å²) >= 11 is 1.63. The Morgan fingerprint density at radius 2 is 1.76 bits per heavy atom. The number of rotatable bonds is 7. The minimum atomic E-state index is -0.497. The number of para-hydroxylation sites is 1. The fourth-order valence-electron chi connectivity index (χ4n) is 3.98. The standard InChI is InChI=1S/C27H28N2O3S/c1-4-31-23-16-9-8-15-22(23)25-24(26(30)32-5-2)18(3)28-27(29-25)33-17-20-13-10-12-19-11-6-7-14-21(19)20/h6-16,25H,4-5,17H2,1-3H3,(H,28,29)/t25-/m1/s1. The van der Waals surface area contributed by atoms with E-state index in [1.165, 1.54) is 16.3 Å². The Hall–Kier alpha value is -3.25. The summed E-state index contributed by atoms with van der Waals surface area (Å²) in [5.74, 6) is 1.12. The summed E-state index contributed by atoms with van der Waals surface area (Å²) in [7, 11) is 0. The third-order valence-electron chi connectivity index (χ3n) is 5.47. The van der Waals surface area contributed by atoms with E-state index in [1.807, 2.05) is 45.0 Å². The third kappa shape index (κ3) is 5.06. The molecule has 0 fully saturated rings. The third-order valence-corrected chi connectivity index (χ3v) is 6.41. The van der Waals surface area contributed by atoms with Crippen molar-refractivity contribution in [2.75, 3.05) is 13.2 Å².